The smallest absolute Gasteiger partial charge is 0.409 e. The van der Waals surface area contributed by atoms with Crippen LogP contribution in [0.4, 0.5) is 4.79 Å². The first kappa shape index (κ1) is 64.8. The van der Waals surface area contributed by atoms with Crippen molar-refractivity contribution in [2.45, 2.75) is 221 Å². The topological polar surface area (TPSA) is 71.9 Å². The van der Waals surface area contributed by atoms with E-state index in [0.29, 0.717) is 34.7 Å². The van der Waals surface area contributed by atoms with E-state index >= 15 is 0 Å². The highest BCUT2D eigenvalue weighted by molar-refractivity contribution is 5.68. The number of aromatic nitrogens is 1. The zero-order chi connectivity index (χ0) is 48.9. The number of hydrogen-bond acceptors (Lipinski definition) is 5. The molecule has 1 aromatic heterocycles. The SMILES string of the molecule is C.CC(C)(C)C(C1CC1)C1CC1.CC(C)(C)c1ccccc1.CC(C)(C)c1ccccn1.CCOC(=O)N(C)C(C)(C)C.CC[C@@H](C(C)O)C(C)(C)C.CC[C@@H](COC)C(C)(C)C. The van der Waals surface area contributed by atoms with Crippen molar-refractivity contribution in [1.29, 1.82) is 0 Å². The molecular formula is C57H108N2O4. The van der Waals surface area contributed by atoms with Crippen LogP contribution in [-0.4, -0.2) is 60.1 Å². The van der Waals surface area contributed by atoms with E-state index in [1.165, 1.54) is 37.7 Å². The normalized spacial score (nSPS) is 15.5. The van der Waals surface area contributed by atoms with Crippen LogP contribution in [0.15, 0.2) is 54.7 Å². The van der Waals surface area contributed by atoms with Crippen molar-refractivity contribution in [2.24, 2.45) is 45.8 Å². The Balaban J connectivity index is -0.000000684. The molecule has 0 bridgehead atoms. The van der Waals surface area contributed by atoms with E-state index < -0.39 is 0 Å². The summed E-state index contributed by atoms with van der Waals surface area (Å²) in [4.78, 5) is 16.9. The maximum atomic E-state index is 11.1. The van der Waals surface area contributed by atoms with Gasteiger partial charge in [0.2, 0.25) is 0 Å². The zero-order valence-electron chi connectivity index (χ0n) is 45.4. The van der Waals surface area contributed by atoms with Gasteiger partial charge < -0.3 is 19.5 Å². The molecule has 0 saturated heterocycles. The van der Waals surface area contributed by atoms with E-state index in [-0.39, 0.29) is 36.0 Å². The fraction of sp³-hybridized carbons (Fsp3) is 0.789. The molecule has 2 saturated carbocycles. The number of aliphatic hydroxyl groups excluding tert-OH is 1. The first-order valence-corrected chi connectivity index (χ1v) is 24.2. The quantitative estimate of drug-likeness (QED) is 0.286. The average molecular weight is 886 g/mol. The summed E-state index contributed by atoms with van der Waals surface area (Å²) in [5.41, 5.74) is 4.08. The predicted molar refractivity (Wildman–Crippen MR) is 278 cm³/mol. The second kappa shape index (κ2) is 29.3. The number of amides is 1. The molecule has 2 aromatic rings. The average Bonchev–Trinajstić information content (AvgIpc) is 4.08. The Kier molecular flexibility index (Phi) is 30.1. The minimum absolute atomic E-state index is 0. The Bertz CT molecular complexity index is 1340. The van der Waals surface area contributed by atoms with Crippen molar-refractivity contribution in [2.75, 3.05) is 27.4 Å². The van der Waals surface area contributed by atoms with Crippen LogP contribution in [-0.2, 0) is 20.3 Å². The number of carbonyl (C=O) groups excluding carboxylic acids is 1. The van der Waals surface area contributed by atoms with Crippen molar-refractivity contribution in [3.05, 3.63) is 66.0 Å². The van der Waals surface area contributed by atoms with E-state index in [9.17, 15) is 9.90 Å². The summed E-state index contributed by atoms with van der Waals surface area (Å²) in [5, 5.41) is 9.35. The molecule has 1 amide bonds. The second-order valence-electron chi connectivity index (χ2n) is 24.1. The van der Waals surface area contributed by atoms with Gasteiger partial charge in [-0.05, 0) is 129 Å². The van der Waals surface area contributed by atoms with Crippen LogP contribution in [0, 0.1) is 45.8 Å². The lowest BCUT2D eigenvalue weighted by Crippen LogP contribution is -2.42. The predicted octanol–water partition coefficient (Wildman–Crippen LogP) is 16.5. The Morgan fingerprint density at radius 3 is 1.35 bits per heavy atom. The van der Waals surface area contributed by atoms with Gasteiger partial charge in [-0.1, -0.05) is 174 Å². The highest BCUT2D eigenvalue weighted by Gasteiger charge is 2.46. The number of ether oxygens (including phenoxy) is 2. The summed E-state index contributed by atoms with van der Waals surface area (Å²) in [5.74, 6) is 4.40. The van der Waals surface area contributed by atoms with Crippen molar-refractivity contribution < 1.29 is 19.4 Å². The van der Waals surface area contributed by atoms with Crippen molar-refractivity contribution in [3.63, 3.8) is 0 Å². The van der Waals surface area contributed by atoms with E-state index in [2.05, 4.69) is 159 Å². The molecule has 370 valence electrons. The largest absolute Gasteiger partial charge is 0.450 e. The molecule has 1 aromatic carbocycles. The molecule has 1 heterocycles. The number of aliphatic hydroxyl groups is 1. The van der Waals surface area contributed by atoms with Crippen molar-refractivity contribution >= 4 is 6.09 Å². The molecule has 1 unspecified atom stereocenters. The fourth-order valence-electron chi connectivity index (χ4n) is 7.81. The first-order chi connectivity index (χ1) is 28.1. The highest BCUT2D eigenvalue weighted by Crippen LogP contribution is 2.56. The summed E-state index contributed by atoms with van der Waals surface area (Å²) in [6.45, 7) is 49.0. The molecule has 6 nitrogen and oxygen atoms in total. The summed E-state index contributed by atoms with van der Waals surface area (Å²) in [7, 11) is 3.51. The number of methoxy groups -OCH3 is 1. The van der Waals surface area contributed by atoms with Crippen molar-refractivity contribution in [3.8, 4) is 0 Å². The maximum absolute atomic E-state index is 11.1. The minimum atomic E-state index is -0.264. The molecule has 6 heteroatoms. The van der Waals surface area contributed by atoms with Crippen LogP contribution >= 0.6 is 0 Å². The number of pyridine rings is 1. The first-order valence-electron chi connectivity index (χ1n) is 24.2. The second-order valence-corrected chi connectivity index (χ2v) is 24.1. The van der Waals surface area contributed by atoms with Gasteiger partial charge in [-0.15, -0.1) is 0 Å². The molecule has 3 atom stereocenters. The van der Waals surface area contributed by atoms with Crippen LogP contribution in [0.2, 0.25) is 0 Å². The van der Waals surface area contributed by atoms with Crippen LogP contribution in [0.25, 0.3) is 0 Å². The van der Waals surface area contributed by atoms with Crippen LogP contribution in [0.5, 0.6) is 0 Å². The third kappa shape index (κ3) is 29.7. The molecule has 63 heavy (non-hydrogen) atoms. The summed E-state index contributed by atoms with van der Waals surface area (Å²) in [6.07, 6.45) is 9.76. The van der Waals surface area contributed by atoms with Gasteiger partial charge in [0, 0.05) is 43.6 Å². The number of hydrogen-bond donors (Lipinski definition) is 1. The molecule has 4 rings (SSSR count). The van der Waals surface area contributed by atoms with Gasteiger partial charge in [0.05, 0.1) is 12.7 Å². The monoisotopic (exact) mass is 885 g/mol. The highest BCUT2D eigenvalue weighted by atomic mass is 16.6. The Morgan fingerprint density at radius 2 is 1.16 bits per heavy atom. The number of carbonyl (C=O) groups is 1. The summed E-state index contributed by atoms with van der Waals surface area (Å²) in [6, 6.07) is 16.6. The number of rotatable bonds is 8. The molecule has 2 aliphatic rings. The zero-order valence-corrected chi connectivity index (χ0v) is 45.4. The summed E-state index contributed by atoms with van der Waals surface area (Å²) >= 11 is 0. The lowest BCUT2D eigenvalue weighted by Gasteiger charge is -2.31. The van der Waals surface area contributed by atoms with Gasteiger partial charge in [0.1, 0.15) is 0 Å². The molecule has 0 aliphatic heterocycles. The Labute approximate surface area is 393 Å². The molecule has 0 spiro atoms. The third-order valence-electron chi connectivity index (χ3n) is 12.1. The Hall–Kier alpha value is -2.44. The van der Waals surface area contributed by atoms with Gasteiger partial charge >= 0.3 is 6.09 Å². The summed E-state index contributed by atoms with van der Waals surface area (Å²) < 4.78 is 9.94. The lowest BCUT2D eigenvalue weighted by molar-refractivity contribution is 0.0537. The number of nitrogens with zero attached hydrogens (tertiary/aromatic N) is 2. The third-order valence-corrected chi connectivity index (χ3v) is 12.1. The van der Waals surface area contributed by atoms with Crippen LogP contribution in [0.3, 0.4) is 0 Å². The standard InChI is InChI=1S/C11H20.C10H14.C9H13N.2C9H20O.C8H17NO2.CH4/c1-11(2,3)10(8-4-5-8)9-6-7-9;1-10(2,3)9-7-5-4-6-8-9;1-9(2,3)8-6-4-5-7-10-8;1-6-8(7-10-5)9(2,3)4;1-6-8(7(2)10)9(3,4)5;1-6-11-7(10)9(5)8(2,3)4;/h8-10H,4-7H2,1-3H3;4-8H,1-3H3;4-7H,1-3H3;8H,6-7H2,1-5H3;7-8,10H,6H2,1-5H3;6H2,1-5H3;1H4/t;;;8-;7?,8-;;/m...00../s1. The molecule has 2 fully saturated rings. The van der Waals surface area contributed by atoms with Gasteiger partial charge in [0.15, 0.2) is 0 Å². The van der Waals surface area contributed by atoms with Gasteiger partial charge in [-0.25, -0.2) is 4.79 Å². The van der Waals surface area contributed by atoms with Gasteiger partial charge in [-0.2, -0.15) is 0 Å². The van der Waals surface area contributed by atoms with E-state index in [1.807, 2.05) is 46.0 Å². The minimum Gasteiger partial charge on any atom is -0.450 e. The van der Waals surface area contributed by atoms with E-state index in [0.717, 1.165) is 36.5 Å². The van der Waals surface area contributed by atoms with E-state index in [4.69, 9.17) is 9.47 Å². The van der Waals surface area contributed by atoms with E-state index in [1.54, 1.807) is 26.0 Å². The van der Waals surface area contributed by atoms with Gasteiger partial charge in [0.25, 0.3) is 0 Å². The molecule has 0 radical (unpaired) electrons. The van der Waals surface area contributed by atoms with Gasteiger partial charge in [-0.3, -0.25) is 4.98 Å². The fourth-order valence-corrected chi connectivity index (χ4v) is 7.81. The van der Waals surface area contributed by atoms with Crippen LogP contribution < -0.4 is 0 Å². The Morgan fingerprint density at radius 1 is 0.698 bits per heavy atom. The maximum Gasteiger partial charge on any atom is 0.409 e. The molecular weight excluding hydrogens is 777 g/mol. The lowest BCUT2D eigenvalue weighted by atomic mass is 9.75. The van der Waals surface area contributed by atoms with Crippen LogP contribution in [0.1, 0.15) is 210 Å². The number of benzene rings is 1. The van der Waals surface area contributed by atoms with Crippen molar-refractivity contribution in [1.82, 2.24) is 9.88 Å². The molecule has 1 N–H and O–H groups in total. The molecule has 2 aliphatic carbocycles.